The number of rotatable bonds is 4. The van der Waals surface area contributed by atoms with Gasteiger partial charge in [0.15, 0.2) is 9.79 Å². The highest BCUT2D eigenvalue weighted by Crippen LogP contribution is 2.33. The molecule has 22 heavy (non-hydrogen) atoms. The molecule has 0 aliphatic carbocycles. The van der Waals surface area contributed by atoms with E-state index in [9.17, 15) is 24.4 Å². The van der Waals surface area contributed by atoms with Crippen molar-refractivity contribution in [2.75, 3.05) is 11.5 Å². The molecule has 8 heteroatoms. The van der Waals surface area contributed by atoms with Gasteiger partial charge < -0.3 is 26.2 Å². The molecule has 2 aromatic carbocycles. The number of anilines is 2. The molecule has 2 rings (SSSR count). The van der Waals surface area contributed by atoms with Gasteiger partial charge in [0.05, 0.1) is 11.4 Å². The third-order valence-electron chi connectivity index (χ3n) is 2.95. The number of hydrogen-bond acceptors (Lipinski definition) is 5. The van der Waals surface area contributed by atoms with Gasteiger partial charge in [0, 0.05) is 17.2 Å². The van der Waals surface area contributed by atoms with Crippen LogP contribution in [-0.2, 0) is 11.2 Å². The monoisotopic (exact) mass is 320 g/mol. The Kier molecular flexibility index (Phi) is 4.25. The van der Waals surface area contributed by atoms with Gasteiger partial charge in [0.2, 0.25) is 0 Å². The summed E-state index contributed by atoms with van der Waals surface area (Å²) < 4.78 is 12.6. The van der Waals surface area contributed by atoms with Gasteiger partial charge in [-0.15, -0.1) is 0 Å². The molecule has 0 heterocycles. The van der Waals surface area contributed by atoms with Crippen molar-refractivity contribution in [2.45, 2.75) is 9.79 Å². The molecule has 0 aliphatic rings. The van der Waals surface area contributed by atoms with Crippen LogP contribution in [0.15, 0.2) is 46.2 Å². The average molecular weight is 320 g/mol. The molecule has 7 nitrogen and oxygen atoms in total. The molecule has 2 aromatic rings. The van der Waals surface area contributed by atoms with E-state index in [1.165, 1.54) is 12.1 Å². The zero-order chi connectivity index (χ0) is 16.4. The Morgan fingerprint density at radius 2 is 1.55 bits per heavy atom. The van der Waals surface area contributed by atoms with Crippen molar-refractivity contribution >= 4 is 34.5 Å². The molecule has 0 saturated carbocycles. The summed E-state index contributed by atoms with van der Waals surface area (Å²) in [5, 5.41) is 18.5. The van der Waals surface area contributed by atoms with Crippen LogP contribution in [0, 0.1) is 0 Å². The molecule has 0 bridgehead atoms. The van der Waals surface area contributed by atoms with Crippen LogP contribution < -0.4 is 11.5 Å². The van der Waals surface area contributed by atoms with E-state index in [-0.39, 0.29) is 16.3 Å². The molecule has 0 radical (unpaired) electrons. The third kappa shape index (κ3) is 2.69. The van der Waals surface area contributed by atoms with Crippen molar-refractivity contribution in [1.29, 1.82) is 0 Å². The number of hydrogen-bond donors (Lipinski definition) is 4. The summed E-state index contributed by atoms with van der Waals surface area (Å²) in [6.07, 6.45) is 0. The van der Waals surface area contributed by atoms with Crippen LogP contribution in [-0.4, -0.2) is 26.7 Å². The Labute approximate surface area is 128 Å². The fourth-order valence-corrected chi connectivity index (χ4v) is 3.21. The predicted molar refractivity (Wildman–Crippen MR) is 80.3 cm³/mol. The highest BCUT2D eigenvalue weighted by molar-refractivity contribution is 7.91. The van der Waals surface area contributed by atoms with Crippen molar-refractivity contribution in [3.63, 3.8) is 0 Å². The molecule has 0 fully saturated rings. The number of aromatic carboxylic acids is 2. The molecule has 1 atom stereocenters. The number of nitrogen functional groups attached to an aromatic ring is 2. The van der Waals surface area contributed by atoms with E-state index >= 15 is 0 Å². The van der Waals surface area contributed by atoms with E-state index < -0.39 is 34.2 Å². The van der Waals surface area contributed by atoms with E-state index in [2.05, 4.69) is 0 Å². The zero-order valence-electron chi connectivity index (χ0n) is 11.1. The molecule has 1 unspecified atom stereocenters. The smallest absolute Gasteiger partial charge is 0.341 e. The summed E-state index contributed by atoms with van der Waals surface area (Å²) in [6, 6.07) is 9.18. The van der Waals surface area contributed by atoms with Gasteiger partial charge in [-0.1, -0.05) is 18.2 Å². The first kappa shape index (κ1) is 15.7. The fraction of sp³-hybridized carbons (Fsp3) is 0. The number of carboxylic acid groups (broad SMARTS) is 2. The van der Waals surface area contributed by atoms with Gasteiger partial charge in [-0.25, -0.2) is 9.59 Å². The summed E-state index contributed by atoms with van der Waals surface area (Å²) >= 11 is -1.90. The second-order valence-corrected chi connectivity index (χ2v) is 5.77. The van der Waals surface area contributed by atoms with E-state index in [0.717, 1.165) is 6.07 Å². The van der Waals surface area contributed by atoms with E-state index in [0.29, 0.717) is 4.90 Å². The zero-order valence-corrected chi connectivity index (χ0v) is 12.0. The quantitative estimate of drug-likeness (QED) is 0.491. The Hall–Kier alpha value is -2.71. The van der Waals surface area contributed by atoms with Crippen LogP contribution in [0.2, 0.25) is 0 Å². The van der Waals surface area contributed by atoms with Crippen molar-refractivity contribution in [2.24, 2.45) is 0 Å². The summed E-state index contributed by atoms with van der Waals surface area (Å²) in [4.78, 5) is 22.9. The second kappa shape index (κ2) is 5.96. The Bertz CT molecular complexity index is 749. The maximum Gasteiger partial charge on any atom is 0.341 e. The van der Waals surface area contributed by atoms with Crippen LogP contribution in [0.4, 0.5) is 11.4 Å². The summed E-state index contributed by atoms with van der Waals surface area (Å²) in [6.45, 7) is 0. The lowest BCUT2D eigenvalue weighted by molar-refractivity contribution is 0.0649. The summed E-state index contributed by atoms with van der Waals surface area (Å²) in [7, 11) is 0. The van der Waals surface area contributed by atoms with E-state index in [1.54, 1.807) is 18.2 Å². The second-order valence-electron chi connectivity index (χ2n) is 4.32. The fourth-order valence-electron chi connectivity index (χ4n) is 1.95. The number of nitrogens with two attached hydrogens (primary N) is 2. The summed E-state index contributed by atoms with van der Waals surface area (Å²) in [5.74, 6) is -3.09. The standard InChI is InChI=1S/C14H12N2O5S/c15-8-6-9(22(21)7-4-2-1-3-5-7)10(13(17)18)11(12(8)16)14(19)20/h1-6H,15-16H2,(H,17,18)(H,19,20). The third-order valence-corrected chi connectivity index (χ3v) is 4.37. The van der Waals surface area contributed by atoms with Crippen molar-refractivity contribution in [3.05, 3.63) is 47.5 Å². The van der Waals surface area contributed by atoms with Crippen LogP contribution in [0.25, 0.3) is 0 Å². The average Bonchev–Trinajstić information content (AvgIpc) is 2.48. The van der Waals surface area contributed by atoms with Crippen LogP contribution in [0.3, 0.4) is 0 Å². The minimum Gasteiger partial charge on any atom is -0.606 e. The largest absolute Gasteiger partial charge is 0.606 e. The molecule has 0 spiro atoms. The van der Waals surface area contributed by atoms with E-state index in [4.69, 9.17) is 11.5 Å². The SMILES string of the molecule is Nc1cc([S+]([O-])c2ccccc2)c(C(=O)O)c(C(=O)O)c1N. The molecule has 0 saturated heterocycles. The van der Waals surface area contributed by atoms with Crippen LogP contribution >= 0.6 is 0 Å². The maximum atomic E-state index is 12.6. The highest BCUT2D eigenvalue weighted by atomic mass is 32.2. The van der Waals surface area contributed by atoms with Crippen molar-refractivity contribution < 1.29 is 24.4 Å². The Morgan fingerprint density at radius 3 is 2.05 bits per heavy atom. The molecular formula is C14H12N2O5S. The van der Waals surface area contributed by atoms with Crippen molar-refractivity contribution in [1.82, 2.24) is 0 Å². The molecule has 0 aliphatic heterocycles. The lowest BCUT2D eigenvalue weighted by atomic mass is 10.0. The predicted octanol–water partition coefficient (Wildman–Crippen LogP) is 1.41. The van der Waals surface area contributed by atoms with Crippen LogP contribution in [0.1, 0.15) is 20.7 Å². The molecule has 6 N–H and O–H groups in total. The van der Waals surface area contributed by atoms with Gasteiger partial charge in [0.25, 0.3) is 0 Å². The topological polar surface area (TPSA) is 150 Å². The molecule has 0 aromatic heterocycles. The van der Waals surface area contributed by atoms with Gasteiger partial charge in [-0.3, -0.25) is 0 Å². The first-order valence-electron chi connectivity index (χ1n) is 6.00. The number of carbonyl (C=O) groups is 2. The lowest BCUT2D eigenvalue weighted by Crippen LogP contribution is -2.18. The molecule has 0 amide bonds. The van der Waals surface area contributed by atoms with Crippen molar-refractivity contribution in [3.8, 4) is 0 Å². The van der Waals surface area contributed by atoms with Gasteiger partial charge in [-0.2, -0.15) is 0 Å². The molecule has 114 valence electrons. The minimum atomic E-state index is -1.90. The summed E-state index contributed by atoms with van der Waals surface area (Å²) in [5.41, 5.74) is 9.41. The van der Waals surface area contributed by atoms with E-state index in [1.807, 2.05) is 0 Å². The van der Waals surface area contributed by atoms with Gasteiger partial charge in [0.1, 0.15) is 11.1 Å². The van der Waals surface area contributed by atoms with Gasteiger partial charge in [-0.05, 0) is 12.1 Å². The first-order chi connectivity index (χ1) is 10.3. The van der Waals surface area contributed by atoms with Gasteiger partial charge >= 0.3 is 11.9 Å². The maximum absolute atomic E-state index is 12.6. The Morgan fingerprint density at radius 1 is 1.00 bits per heavy atom. The van der Waals surface area contributed by atoms with Crippen LogP contribution in [0.5, 0.6) is 0 Å². The first-order valence-corrected chi connectivity index (χ1v) is 7.15. The highest BCUT2D eigenvalue weighted by Gasteiger charge is 2.32. The normalized spacial score (nSPS) is 11.9. The number of carboxylic acids is 2. The minimum absolute atomic E-state index is 0.137. The Balaban J connectivity index is 2.76. The molecular weight excluding hydrogens is 308 g/mol. The number of benzene rings is 2. The lowest BCUT2D eigenvalue weighted by Gasteiger charge is -2.16.